The second-order valence-electron chi connectivity index (χ2n) is 3.53. The Bertz CT molecular complexity index is 482. The van der Waals surface area contributed by atoms with Crippen LogP contribution in [0, 0.1) is 0 Å². The number of benzene rings is 1. The predicted molar refractivity (Wildman–Crippen MR) is 61.7 cm³/mol. The fourth-order valence-corrected chi connectivity index (χ4v) is 1.52. The third-order valence-corrected chi connectivity index (χ3v) is 2.35. The van der Waals surface area contributed by atoms with Crippen LogP contribution in [-0.4, -0.2) is 29.0 Å². The number of rotatable bonds is 5. The largest absolute Gasteiger partial charge is 0.496 e. The van der Waals surface area contributed by atoms with Gasteiger partial charge in [0.05, 0.1) is 12.7 Å². The minimum atomic E-state index is 0.117. The van der Waals surface area contributed by atoms with E-state index in [-0.39, 0.29) is 6.61 Å². The normalized spacial score (nSPS) is 10.5. The average molecular weight is 234 g/mol. The molecule has 1 N–H and O–H groups in total. The van der Waals surface area contributed by atoms with Crippen molar-refractivity contribution in [2.75, 3.05) is 13.7 Å². The molecule has 1 aromatic carbocycles. The number of hydrogen-bond donors (Lipinski definition) is 1. The molecule has 0 bridgehead atoms. The van der Waals surface area contributed by atoms with Crippen LogP contribution in [0.3, 0.4) is 0 Å². The minimum Gasteiger partial charge on any atom is -0.496 e. The lowest BCUT2D eigenvalue weighted by Crippen LogP contribution is -1.88. The van der Waals surface area contributed by atoms with E-state index >= 15 is 0 Å². The number of para-hydroxylation sites is 1. The summed E-state index contributed by atoms with van der Waals surface area (Å²) >= 11 is 0. The van der Waals surface area contributed by atoms with Gasteiger partial charge >= 0.3 is 0 Å². The average Bonchev–Trinajstić information content (AvgIpc) is 2.85. The number of ether oxygens (including phenoxy) is 1. The third-order valence-electron chi connectivity index (χ3n) is 2.35. The van der Waals surface area contributed by atoms with Gasteiger partial charge in [0.1, 0.15) is 5.75 Å². The fourth-order valence-electron chi connectivity index (χ4n) is 1.52. The highest BCUT2D eigenvalue weighted by Gasteiger charge is 2.12. The van der Waals surface area contributed by atoms with Crippen LogP contribution in [0.1, 0.15) is 12.3 Å². The second kappa shape index (κ2) is 5.45. The molecular weight excluding hydrogens is 220 g/mol. The van der Waals surface area contributed by atoms with Gasteiger partial charge in [-0.05, 0) is 18.6 Å². The first-order chi connectivity index (χ1) is 8.35. The summed E-state index contributed by atoms with van der Waals surface area (Å²) < 4.78 is 10.7. The van der Waals surface area contributed by atoms with Crippen molar-refractivity contribution < 1.29 is 14.3 Å². The summed E-state index contributed by atoms with van der Waals surface area (Å²) in [4.78, 5) is 0. The van der Waals surface area contributed by atoms with E-state index in [0.29, 0.717) is 30.4 Å². The Hall–Kier alpha value is -1.88. The van der Waals surface area contributed by atoms with Gasteiger partial charge in [-0.25, -0.2) is 0 Å². The van der Waals surface area contributed by atoms with Gasteiger partial charge in [0.15, 0.2) is 0 Å². The molecule has 0 unspecified atom stereocenters. The van der Waals surface area contributed by atoms with Crippen molar-refractivity contribution in [2.45, 2.75) is 12.8 Å². The van der Waals surface area contributed by atoms with E-state index in [9.17, 15) is 0 Å². The number of methoxy groups -OCH3 is 1. The van der Waals surface area contributed by atoms with Crippen molar-refractivity contribution in [1.29, 1.82) is 0 Å². The van der Waals surface area contributed by atoms with Crippen LogP contribution in [0.4, 0.5) is 0 Å². The van der Waals surface area contributed by atoms with Crippen molar-refractivity contribution in [1.82, 2.24) is 10.2 Å². The van der Waals surface area contributed by atoms with Gasteiger partial charge in [-0.15, -0.1) is 10.2 Å². The molecule has 0 saturated heterocycles. The fraction of sp³-hybridized carbons (Fsp3) is 0.333. The summed E-state index contributed by atoms with van der Waals surface area (Å²) in [6, 6.07) is 7.47. The Morgan fingerprint density at radius 1 is 1.29 bits per heavy atom. The molecule has 0 aliphatic carbocycles. The Labute approximate surface area is 99.1 Å². The predicted octanol–water partition coefficient (Wildman–Crippen LogP) is 1.67. The highest BCUT2D eigenvalue weighted by molar-refractivity contribution is 5.62. The smallest absolute Gasteiger partial charge is 0.251 e. The quantitative estimate of drug-likeness (QED) is 0.852. The van der Waals surface area contributed by atoms with Crippen molar-refractivity contribution in [3.63, 3.8) is 0 Å². The summed E-state index contributed by atoms with van der Waals surface area (Å²) in [5.41, 5.74) is 0.776. The monoisotopic (exact) mass is 234 g/mol. The lowest BCUT2D eigenvalue weighted by Gasteiger charge is -2.03. The summed E-state index contributed by atoms with van der Waals surface area (Å²) in [7, 11) is 1.60. The lowest BCUT2D eigenvalue weighted by atomic mass is 10.2. The van der Waals surface area contributed by atoms with Gasteiger partial charge in [0.2, 0.25) is 5.89 Å². The molecular formula is C12H14N2O3. The summed E-state index contributed by atoms with van der Waals surface area (Å²) in [6.45, 7) is 0.117. The van der Waals surface area contributed by atoms with Crippen LogP contribution in [0.15, 0.2) is 28.7 Å². The molecule has 5 nitrogen and oxygen atoms in total. The van der Waals surface area contributed by atoms with Crippen LogP contribution >= 0.6 is 0 Å². The maximum atomic E-state index is 8.72. The van der Waals surface area contributed by atoms with Gasteiger partial charge in [-0.1, -0.05) is 12.1 Å². The van der Waals surface area contributed by atoms with E-state index in [1.807, 2.05) is 24.3 Å². The maximum absolute atomic E-state index is 8.72. The van der Waals surface area contributed by atoms with Gasteiger partial charge in [0.25, 0.3) is 5.89 Å². The third kappa shape index (κ3) is 2.62. The Morgan fingerprint density at radius 3 is 2.88 bits per heavy atom. The first kappa shape index (κ1) is 11.6. The Kier molecular flexibility index (Phi) is 3.72. The topological polar surface area (TPSA) is 68.4 Å². The van der Waals surface area contributed by atoms with E-state index in [1.54, 1.807) is 7.11 Å². The van der Waals surface area contributed by atoms with E-state index in [2.05, 4.69) is 10.2 Å². The Balaban J connectivity index is 2.24. The van der Waals surface area contributed by atoms with E-state index in [4.69, 9.17) is 14.3 Å². The van der Waals surface area contributed by atoms with Crippen molar-refractivity contribution in [3.05, 3.63) is 30.2 Å². The molecule has 2 aromatic rings. The van der Waals surface area contributed by atoms with Gasteiger partial charge in [-0.2, -0.15) is 0 Å². The molecule has 1 aromatic heterocycles. The molecule has 0 saturated carbocycles. The van der Waals surface area contributed by atoms with Crippen LogP contribution in [0.5, 0.6) is 5.75 Å². The molecule has 90 valence electrons. The number of aromatic nitrogens is 2. The molecule has 2 rings (SSSR count). The SMILES string of the molecule is COc1ccccc1-c1nnc(CCCO)o1. The Morgan fingerprint density at radius 2 is 2.12 bits per heavy atom. The van der Waals surface area contributed by atoms with E-state index < -0.39 is 0 Å². The minimum absolute atomic E-state index is 0.117. The second-order valence-corrected chi connectivity index (χ2v) is 3.53. The van der Waals surface area contributed by atoms with Crippen LogP contribution in [-0.2, 0) is 6.42 Å². The summed E-state index contributed by atoms with van der Waals surface area (Å²) in [5.74, 6) is 1.67. The maximum Gasteiger partial charge on any atom is 0.251 e. The molecule has 0 aliphatic rings. The number of aliphatic hydroxyl groups is 1. The molecule has 1 heterocycles. The molecule has 0 aliphatic heterocycles. The highest BCUT2D eigenvalue weighted by atomic mass is 16.5. The standard InChI is InChI=1S/C12H14N2O3/c1-16-10-6-3-2-5-9(10)12-14-13-11(17-12)7-4-8-15/h2-3,5-6,15H,4,7-8H2,1H3. The zero-order valence-electron chi connectivity index (χ0n) is 9.59. The number of aliphatic hydroxyl groups excluding tert-OH is 1. The summed E-state index contributed by atoms with van der Waals surface area (Å²) in [6.07, 6.45) is 1.20. The molecule has 0 atom stereocenters. The van der Waals surface area contributed by atoms with E-state index in [1.165, 1.54) is 0 Å². The van der Waals surface area contributed by atoms with E-state index in [0.717, 1.165) is 5.56 Å². The van der Waals surface area contributed by atoms with Gasteiger partial charge in [-0.3, -0.25) is 0 Å². The zero-order valence-corrected chi connectivity index (χ0v) is 9.59. The molecule has 17 heavy (non-hydrogen) atoms. The summed E-state index contributed by atoms with van der Waals surface area (Å²) in [5, 5.41) is 16.6. The van der Waals surface area contributed by atoms with Gasteiger partial charge < -0.3 is 14.3 Å². The van der Waals surface area contributed by atoms with Crippen LogP contribution < -0.4 is 4.74 Å². The van der Waals surface area contributed by atoms with Crippen molar-refractivity contribution >= 4 is 0 Å². The number of nitrogens with zero attached hydrogens (tertiary/aromatic N) is 2. The zero-order chi connectivity index (χ0) is 12.1. The van der Waals surface area contributed by atoms with Crippen molar-refractivity contribution in [3.8, 4) is 17.2 Å². The highest BCUT2D eigenvalue weighted by Crippen LogP contribution is 2.28. The first-order valence-electron chi connectivity index (χ1n) is 5.41. The molecule has 5 heteroatoms. The lowest BCUT2D eigenvalue weighted by molar-refractivity contribution is 0.283. The van der Waals surface area contributed by atoms with Crippen molar-refractivity contribution in [2.24, 2.45) is 0 Å². The molecule has 0 amide bonds. The first-order valence-corrected chi connectivity index (χ1v) is 5.41. The molecule has 0 spiro atoms. The van der Waals surface area contributed by atoms with Crippen LogP contribution in [0.2, 0.25) is 0 Å². The number of aryl methyl sites for hydroxylation is 1. The van der Waals surface area contributed by atoms with Crippen LogP contribution in [0.25, 0.3) is 11.5 Å². The number of hydrogen-bond acceptors (Lipinski definition) is 5. The van der Waals surface area contributed by atoms with Gasteiger partial charge in [0, 0.05) is 13.0 Å². The molecule has 0 fully saturated rings. The molecule has 0 radical (unpaired) electrons.